The molecule has 0 amide bonds. The lowest BCUT2D eigenvalue weighted by atomic mass is 10.1. The topological polar surface area (TPSA) is 53.7 Å². The molecule has 2 aromatic carbocycles. The fourth-order valence-corrected chi connectivity index (χ4v) is 1.94. The van der Waals surface area contributed by atoms with Crippen LogP contribution in [0.1, 0.15) is 11.1 Å². The molecular formula is C16H19NO3. The molecule has 0 heterocycles. The molecule has 0 unspecified atom stereocenters. The summed E-state index contributed by atoms with van der Waals surface area (Å²) in [5, 5.41) is 0. The number of ether oxygens (including phenoxy) is 3. The summed E-state index contributed by atoms with van der Waals surface area (Å²) in [4.78, 5) is 0. The highest BCUT2D eigenvalue weighted by atomic mass is 16.5. The summed E-state index contributed by atoms with van der Waals surface area (Å²) in [6, 6.07) is 11.3. The van der Waals surface area contributed by atoms with E-state index in [9.17, 15) is 0 Å². The van der Waals surface area contributed by atoms with Gasteiger partial charge >= 0.3 is 0 Å². The smallest absolute Gasteiger partial charge is 0.146 e. The second-order valence-corrected chi connectivity index (χ2v) is 4.51. The monoisotopic (exact) mass is 273 g/mol. The zero-order valence-corrected chi connectivity index (χ0v) is 12.0. The molecule has 0 saturated heterocycles. The van der Waals surface area contributed by atoms with Crippen molar-refractivity contribution >= 4 is 5.69 Å². The highest BCUT2D eigenvalue weighted by Gasteiger charge is 2.07. The summed E-state index contributed by atoms with van der Waals surface area (Å²) in [5.74, 6) is 2.12. The molecule has 106 valence electrons. The van der Waals surface area contributed by atoms with Crippen LogP contribution < -0.4 is 19.9 Å². The van der Waals surface area contributed by atoms with Gasteiger partial charge < -0.3 is 19.9 Å². The Bertz CT molecular complexity index is 596. The van der Waals surface area contributed by atoms with Crippen LogP contribution in [0.4, 0.5) is 5.69 Å². The number of aryl methyl sites for hydroxylation is 1. The molecule has 2 aromatic rings. The Balaban J connectivity index is 2.18. The number of rotatable bonds is 5. The van der Waals surface area contributed by atoms with Gasteiger partial charge in [-0.25, -0.2) is 0 Å². The second-order valence-electron chi connectivity index (χ2n) is 4.51. The maximum absolute atomic E-state index is 5.90. The first-order valence-electron chi connectivity index (χ1n) is 6.34. The number of methoxy groups -OCH3 is 2. The van der Waals surface area contributed by atoms with Gasteiger partial charge in [0, 0.05) is 11.6 Å². The minimum absolute atomic E-state index is 0.391. The summed E-state index contributed by atoms with van der Waals surface area (Å²) >= 11 is 0. The summed E-state index contributed by atoms with van der Waals surface area (Å²) in [7, 11) is 3.26. The van der Waals surface area contributed by atoms with E-state index in [2.05, 4.69) is 0 Å². The van der Waals surface area contributed by atoms with Gasteiger partial charge in [0.05, 0.1) is 19.9 Å². The highest BCUT2D eigenvalue weighted by molar-refractivity contribution is 5.55. The number of hydrogen-bond donors (Lipinski definition) is 1. The molecule has 0 aliphatic rings. The van der Waals surface area contributed by atoms with Crippen LogP contribution in [0.5, 0.6) is 17.2 Å². The maximum Gasteiger partial charge on any atom is 0.146 e. The van der Waals surface area contributed by atoms with Crippen molar-refractivity contribution in [1.29, 1.82) is 0 Å². The molecule has 0 bridgehead atoms. The third-order valence-corrected chi connectivity index (χ3v) is 3.04. The molecular weight excluding hydrogens is 254 g/mol. The SMILES string of the molecule is COc1ccc(N)c(OCc2cc(C)ccc2OC)c1. The Labute approximate surface area is 119 Å². The van der Waals surface area contributed by atoms with Crippen molar-refractivity contribution in [1.82, 2.24) is 0 Å². The molecule has 0 aliphatic carbocycles. The standard InChI is InChI=1S/C16H19NO3/c1-11-4-7-15(19-3)12(8-11)10-20-16-9-13(18-2)5-6-14(16)17/h4-9H,10,17H2,1-3H3. The van der Waals surface area contributed by atoms with Crippen LogP contribution in [0.3, 0.4) is 0 Å². The Kier molecular flexibility index (Phi) is 4.35. The molecule has 0 spiro atoms. The fraction of sp³-hybridized carbons (Fsp3) is 0.250. The van der Waals surface area contributed by atoms with E-state index >= 15 is 0 Å². The van der Waals surface area contributed by atoms with Crippen molar-refractivity contribution in [2.45, 2.75) is 13.5 Å². The van der Waals surface area contributed by atoms with E-state index in [4.69, 9.17) is 19.9 Å². The molecule has 4 nitrogen and oxygen atoms in total. The average molecular weight is 273 g/mol. The first-order chi connectivity index (χ1) is 9.63. The van der Waals surface area contributed by atoms with Gasteiger partial charge in [-0.2, -0.15) is 0 Å². The molecule has 0 aromatic heterocycles. The first kappa shape index (κ1) is 14.1. The van der Waals surface area contributed by atoms with E-state index < -0.39 is 0 Å². The Hall–Kier alpha value is -2.36. The fourth-order valence-electron chi connectivity index (χ4n) is 1.94. The van der Waals surface area contributed by atoms with Crippen LogP contribution in [-0.4, -0.2) is 14.2 Å². The summed E-state index contributed by atoms with van der Waals surface area (Å²) < 4.78 is 16.3. The van der Waals surface area contributed by atoms with Crippen molar-refractivity contribution < 1.29 is 14.2 Å². The van der Waals surface area contributed by atoms with Crippen LogP contribution >= 0.6 is 0 Å². The minimum Gasteiger partial charge on any atom is -0.497 e. The predicted molar refractivity (Wildman–Crippen MR) is 79.5 cm³/mol. The van der Waals surface area contributed by atoms with Gasteiger partial charge in [0.2, 0.25) is 0 Å². The summed E-state index contributed by atoms with van der Waals surface area (Å²) in [5.41, 5.74) is 8.61. The van der Waals surface area contributed by atoms with Gasteiger partial charge in [-0.1, -0.05) is 11.6 Å². The van der Waals surface area contributed by atoms with Crippen molar-refractivity contribution in [3.63, 3.8) is 0 Å². The number of benzene rings is 2. The third kappa shape index (κ3) is 3.15. The largest absolute Gasteiger partial charge is 0.497 e. The van der Waals surface area contributed by atoms with Crippen LogP contribution in [0.25, 0.3) is 0 Å². The zero-order valence-electron chi connectivity index (χ0n) is 12.0. The average Bonchev–Trinajstić information content (AvgIpc) is 2.46. The van der Waals surface area contributed by atoms with Crippen LogP contribution in [0, 0.1) is 6.92 Å². The Morgan fingerprint density at radius 1 is 0.950 bits per heavy atom. The molecule has 2 rings (SSSR count). The zero-order chi connectivity index (χ0) is 14.5. The van der Waals surface area contributed by atoms with E-state index in [0.717, 1.165) is 16.9 Å². The second kappa shape index (κ2) is 6.19. The molecule has 0 radical (unpaired) electrons. The molecule has 0 fully saturated rings. The van der Waals surface area contributed by atoms with Crippen LogP contribution in [0.15, 0.2) is 36.4 Å². The maximum atomic E-state index is 5.90. The van der Waals surface area contributed by atoms with E-state index in [1.54, 1.807) is 32.4 Å². The van der Waals surface area contributed by atoms with Crippen LogP contribution in [-0.2, 0) is 6.61 Å². The van der Waals surface area contributed by atoms with E-state index in [0.29, 0.717) is 23.8 Å². The predicted octanol–water partition coefficient (Wildman–Crippen LogP) is 3.17. The van der Waals surface area contributed by atoms with Crippen molar-refractivity contribution in [2.75, 3.05) is 20.0 Å². The lowest BCUT2D eigenvalue weighted by Gasteiger charge is -2.13. The van der Waals surface area contributed by atoms with E-state index in [1.807, 2.05) is 25.1 Å². The quantitative estimate of drug-likeness (QED) is 0.850. The number of nitrogen functional groups attached to an aromatic ring is 1. The third-order valence-electron chi connectivity index (χ3n) is 3.04. The van der Waals surface area contributed by atoms with Gasteiger partial charge in [-0.05, 0) is 31.2 Å². The molecule has 20 heavy (non-hydrogen) atoms. The Morgan fingerprint density at radius 3 is 2.45 bits per heavy atom. The van der Waals surface area contributed by atoms with Gasteiger partial charge in [0.15, 0.2) is 0 Å². The van der Waals surface area contributed by atoms with Crippen LogP contribution in [0.2, 0.25) is 0 Å². The van der Waals surface area contributed by atoms with Gasteiger partial charge in [-0.3, -0.25) is 0 Å². The Morgan fingerprint density at radius 2 is 1.75 bits per heavy atom. The summed E-state index contributed by atoms with van der Waals surface area (Å²) in [6.07, 6.45) is 0. The molecule has 0 aliphatic heterocycles. The summed E-state index contributed by atoms with van der Waals surface area (Å²) in [6.45, 7) is 2.42. The van der Waals surface area contributed by atoms with Crippen molar-refractivity contribution in [2.24, 2.45) is 0 Å². The molecule has 0 atom stereocenters. The number of anilines is 1. The van der Waals surface area contributed by atoms with Gasteiger partial charge in [0.25, 0.3) is 0 Å². The van der Waals surface area contributed by atoms with E-state index in [-0.39, 0.29) is 0 Å². The van der Waals surface area contributed by atoms with Gasteiger partial charge in [-0.15, -0.1) is 0 Å². The first-order valence-corrected chi connectivity index (χ1v) is 6.34. The molecule has 4 heteroatoms. The number of nitrogens with two attached hydrogens (primary N) is 1. The van der Waals surface area contributed by atoms with Crippen molar-refractivity contribution in [3.8, 4) is 17.2 Å². The minimum atomic E-state index is 0.391. The van der Waals surface area contributed by atoms with Gasteiger partial charge in [0.1, 0.15) is 23.9 Å². The van der Waals surface area contributed by atoms with Crippen molar-refractivity contribution in [3.05, 3.63) is 47.5 Å². The number of hydrogen-bond acceptors (Lipinski definition) is 4. The van der Waals surface area contributed by atoms with E-state index in [1.165, 1.54) is 0 Å². The molecule has 0 saturated carbocycles. The molecule has 2 N–H and O–H groups in total. The highest BCUT2D eigenvalue weighted by Crippen LogP contribution is 2.29. The lowest BCUT2D eigenvalue weighted by molar-refractivity contribution is 0.296. The lowest BCUT2D eigenvalue weighted by Crippen LogP contribution is -2.01. The normalized spacial score (nSPS) is 10.2.